The zero-order chi connectivity index (χ0) is 41.1. The van der Waals surface area contributed by atoms with Crippen molar-refractivity contribution in [3.63, 3.8) is 0 Å². The van der Waals surface area contributed by atoms with Gasteiger partial charge in [-0.25, -0.2) is 24.6 Å². The van der Waals surface area contributed by atoms with Gasteiger partial charge in [0.15, 0.2) is 11.5 Å². The van der Waals surface area contributed by atoms with Gasteiger partial charge in [-0.1, -0.05) is 158 Å². The first-order valence-corrected chi connectivity index (χ1v) is 20.2. The summed E-state index contributed by atoms with van der Waals surface area (Å²) >= 11 is 0. The van der Waals surface area contributed by atoms with Crippen LogP contribution < -0.4 is 14.7 Å². The van der Waals surface area contributed by atoms with Crippen LogP contribution >= 0.6 is 7.82 Å². The molecule has 0 spiro atoms. The van der Waals surface area contributed by atoms with Crippen molar-refractivity contribution in [2.45, 2.75) is 45.5 Å². The molecule has 0 aliphatic carbocycles. The van der Waals surface area contributed by atoms with Crippen LogP contribution in [0.4, 0.5) is 9.59 Å². The molecular formula is C46H43N2O10P. The van der Waals surface area contributed by atoms with E-state index < -0.39 is 26.1 Å². The third-order valence-corrected chi connectivity index (χ3v) is 9.99. The number of nitrogens with one attached hydrogen (secondary N) is 1. The van der Waals surface area contributed by atoms with Crippen molar-refractivity contribution in [3.8, 4) is 11.5 Å². The van der Waals surface area contributed by atoms with Gasteiger partial charge in [-0.05, 0) is 45.5 Å². The molecule has 1 N–H and O–H groups in total. The van der Waals surface area contributed by atoms with Crippen molar-refractivity contribution >= 4 is 26.3 Å². The molecule has 12 nitrogen and oxygen atoms in total. The van der Waals surface area contributed by atoms with Crippen LogP contribution in [0, 0.1) is 0 Å². The predicted octanol–water partition coefficient (Wildman–Crippen LogP) is 9.78. The normalized spacial score (nSPS) is 11.5. The Kier molecular flexibility index (Phi) is 15.4. The van der Waals surface area contributed by atoms with E-state index in [1.54, 1.807) is 60.7 Å². The summed E-state index contributed by atoms with van der Waals surface area (Å²) in [6, 6.07) is 49.1. The molecule has 0 bridgehead atoms. The van der Waals surface area contributed by atoms with Gasteiger partial charge in [0.2, 0.25) is 0 Å². The van der Waals surface area contributed by atoms with E-state index in [4.69, 9.17) is 27.8 Å². The van der Waals surface area contributed by atoms with E-state index in [9.17, 15) is 18.9 Å². The number of nitrogens with zero attached hydrogens (tertiary/aromatic N) is 1. The molecule has 2 amide bonds. The number of carbonyl (C=O) groups excluding carboxylic acids is 3. The standard InChI is InChI=1S/C46H43N2O10P/c49-30-42(48(46(51)55-33-38-20-10-3-11-21-38)47-45(50)54-32-37-18-8-2-9-19-37)28-41-26-27-43(44(29-41)53-31-36-16-6-1-7-17-36)58-59(52,56-34-39-22-12-4-13-23-39)57-35-40-24-14-5-15-25-40/h1-27,29-30,42H,28,31-35H2,(H,47,50). The summed E-state index contributed by atoms with van der Waals surface area (Å²) in [5.41, 5.74) is 6.64. The van der Waals surface area contributed by atoms with E-state index in [-0.39, 0.29) is 51.0 Å². The number of hydrogen-bond acceptors (Lipinski definition) is 10. The minimum Gasteiger partial charge on any atom is -0.485 e. The van der Waals surface area contributed by atoms with E-state index >= 15 is 0 Å². The monoisotopic (exact) mass is 814 g/mol. The zero-order valence-electron chi connectivity index (χ0n) is 32.0. The molecule has 0 saturated heterocycles. The molecule has 302 valence electrons. The SMILES string of the molecule is O=CC(Cc1ccc(OP(=O)(OCc2ccccc2)OCc2ccccc2)c(OCc2ccccc2)c1)N(NC(=O)OCc1ccccc1)C(=O)OCc1ccccc1. The van der Waals surface area contributed by atoms with Crippen molar-refractivity contribution in [2.24, 2.45) is 0 Å². The van der Waals surface area contributed by atoms with Gasteiger partial charge in [0.25, 0.3) is 0 Å². The molecule has 0 fully saturated rings. The topological polar surface area (TPSA) is 139 Å². The molecule has 6 rings (SSSR count). The van der Waals surface area contributed by atoms with Crippen LogP contribution in [0.3, 0.4) is 0 Å². The number of aldehydes is 1. The molecule has 6 aromatic rings. The van der Waals surface area contributed by atoms with Gasteiger partial charge in [0, 0.05) is 6.42 Å². The van der Waals surface area contributed by atoms with Gasteiger partial charge < -0.3 is 23.5 Å². The second-order valence-electron chi connectivity index (χ2n) is 13.1. The van der Waals surface area contributed by atoms with Crippen LogP contribution in [0.1, 0.15) is 33.4 Å². The van der Waals surface area contributed by atoms with Gasteiger partial charge in [-0.2, -0.15) is 0 Å². The lowest BCUT2D eigenvalue weighted by molar-refractivity contribution is -0.112. The van der Waals surface area contributed by atoms with Gasteiger partial charge in [0.05, 0.1) is 13.2 Å². The average molecular weight is 815 g/mol. The lowest BCUT2D eigenvalue weighted by Gasteiger charge is -2.27. The maximum Gasteiger partial charge on any atom is 0.530 e. The molecular weight excluding hydrogens is 771 g/mol. The molecule has 6 aromatic carbocycles. The third kappa shape index (κ3) is 13.4. The summed E-state index contributed by atoms with van der Waals surface area (Å²) in [6.07, 6.45) is -1.57. The number of carbonyl (C=O) groups is 3. The molecule has 1 unspecified atom stereocenters. The van der Waals surface area contributed by atoms with E-state index in [0.29, 0.717) is 17.4 Å². The number of ether oxygens (including phenoxy) is 3. The molecule has 0 aliphatic rings. The summed E-state index contributed by atoms with van der Waals surface area (Å²) in [7, 11) is -4.32. The number of hydrogen-bond donors (Lipinski definition) is 1. The summed E-state index contributed by atoms with van der Waals surface area (Å²) in [6.45, 7) is -0.232. The largest absolute Gasteiger partial charge is 0.530 e. The minimum absolute atomic E-state index is 0.0403. The summed E-state index contributed by atoms with van der Waals surface area (Å²) in [4.78, 5) is 39.3. The summed E-state index contributed by atoms with van der Waals surface area (Å²) in [5.74, 6) is 0.190. The fraction of sp³-hybridized carbons (Fsp3) is 0.152. The van der Waals surface area contributed by atoms with Crippen LogP contribution in [0.5, 0.6) is 11.5 Å². The number of amides is 2. The van der Waals surface area contributed by atoms with E-state index in [1.165, 1.54) is 6.07 Å². The Balaban J connectivity index is 1.25. The first kappa shape index (κ1) is 41.9. The van der Waals surface area contributed by atoms with Crippen molar-refractivity contribution < 1.29 is 46.7 Å². The smallest absolute Gasteiger partial charge is 0.485 e. The van der Waals surface area contributed by atoms with Crippen LogP contribution in [-0.4, -0.2) is 29.5 Å². The highest BCUT2D eigenvalue weighted by Crippen LogP contribution is 2.53. The number of benzene rings is 6. The minimum atomic E-state index is -4.32. The molecule has 0 radical (unpaired) electrons. The highest BCUT2D eigenvalue weighted by molar-refractivity contribution is 7.48. The number of phosphoric ester groups is 1. The molecule has 0 aliphatic heterocycles. The van der Waals surface area contributed by atoms with Gasteiger partial charge in [0.1, 0.15) is 32.1 Å². The summed E-state index contributed by atoms with van der Waals surface area (Å²) in [5, 5.41) is 0.793. The Bertz CT molecular complexity index is 2220. The van der Waals surface area contributed by atoms with Crippen LogP contribution in [0.15, 0.2) is 170 Å². The number of phosphoric acid groups is 1. The Morgan fingerprint density at radius 1 is 0.542 bits per heavy atom. The molecule has 0 aromatic heterocycles. The van der Waals surface area contributed by atoms with Crippen molar-refractivity contribution in [3.05, 3.63) is 203 Å². The highest BCUT2D eigenvalue weighted by atomic mass is 31.2. The van der Waals surface area contributed by atoms with Crippen molar-refractivity contribution in [1.29, 1.82) is 0 Å². The Labute approximate surface area is 342 Å². The number of rotatable bonds is 19. The van der Waals surface area contributed by atoms with Gasteiger partial charge in [-0.3, -0.25) is 9.05 Å². The van der Waals surface area contributed by atoms with E-state index in [2.05, 4.69) is 5.43 Å². The second kappa shape index (κ2) is 21.7. The van der Waals surface area contributed by atoms with Crippen LogP contribution in [0.2, 0.25) is 0 Å². The maximum absolute atomic E-state index is 14.4. The van der Waals surface area contributed by atoms with E-state index in [0.717, 1.165) is 27.3 Å². The van der Waals surface area contributed by atoms with Crippen molar-refractivity contribution in [1.82, 2.24) is 10.4 Å². The predicted molar refractivity (Wildman–Crippen MR) is 220 cm³/mol. The fourth-order valence-electron chi connectivity index (χ4n) is 5.62. The first-order chi connectivity index (χ1) is 28.9. The maximum atomic E-state index is 14.4. The Morgan fingerprint density at radius 3 is 1.46 bits per heavy atom. The van der Waals surface area contributed by atoms with Crippen molar-refractivity contribution in [2.75, 3.05) is 0 Å². The molecule has 0 heterocycles. The quantitative estimate of drug-likeness (QED) is 0.0478. The Hall–Kier alpha value is -6.72. The lowest BCUT2D eigenvalue weighted by atomic mass is 10.1. The lowest BCUT2D eigenvalue weighted by Crippen LogP contribution is -2.53. The third-order valence-electron chi connectivity index (χ3n) is 8.68. The molecule has 0 saturated carbocycles. The highest BCUT2D eigenvalue weighted by Gasteiger charge is 2.32. The van der Waals surface area contributed by atoms with Gasteiger partial charge in [-0.15, -0.1) is 0 Å². The average Bonchev–Trinajstić information content (AvgIpc) is 3.29. The Morgan fingerprint density at radius 2 is 0.983 bits per heavy atom. The molecule has 59 heavy (non-hydrogen) atoms. The first-order valence-electron chi connectivity index (χ1n) is 18.7. The van der Waals surface area contributed by atoms with E-state index in [1.807, 2.05) is 103 Å². The second-order valence-corrected chi connectivity index (χ2v) is 14.7. The van der Waals surface area contributed by atoms with Crippen LogP contribution in [-0.2, 0) is 67.3 Å². The number of hydrazine groups is 1. The zero-order valence-corrected chi connectivity index (χ0v) is 32.9. The molecule has 1 atom stereocenters. The fourth-order valence-corrected chi connectivity index (χ4v) is 6.80. The van der Waals surface area contributed by atoms with Crippen LogP contribution in [0.25, 0.3) is 0 Å². The van der Waals surface area contributed by atoms with Gasteiger partial charge >= 0.3 is 20.0 Å². The molecule has 13 heteroatoms. The summed E-state index contributed by atoms with van der Waals surface area (Å²) < 4.78 is 49.3.